The topological polar surface area (TPSA) is 66.5 Å². The van der Waals surface area contributed by atoms with Crippen LogP contribution in [0.5, 0.6) is 0 Å². The van der Waals surface area contributed by atoms with Crippen LogP contribution in [-0.2, 0) is 21.2 Å². The third-order valence-electron chi connectivity index (χ3n) is 4.28. The van der Waals surface area contributed by atoms with Gasteiger partial charge >= 0.3 is 0 Å². The molecule has 0 saturated carbocycles. The predicted octanol–water partition coefficient (Wildman–Crippen LogP) is 3.34. The van der Waals surface area contributed by atoms with E-state index in [0.717, 1.165) is 17.5 Å². The highest BCUT2D eigenvalue weighted by Crippen LogP contribution is 2.43. The molecule has 1 aliphatic heterocycles. The minimum absolute atomic E-state index is 0.240. The molecule has 0 saturated heterocycles. The van der Waals surface area contributed by atoms with Gasteiger partial charge in [0.2, 0.25) is 5.91 Å². The van der Waals surface area contributed by atoms with Gasteiger partial charge in [-0.15, -0.1) is 0 Å². The molecule has 6 heteroatoms. The molecule has 0 aromatic heterocycles. The molecule has 1 heterocycles. The number of carbonyl (C=O) groups is 1. The zero-order valence-electron chi connectivity index (χ0n) is 15.5. The minimum atomic E-state index is -3.79. The van der Waals surface area contributed by atoms with Gasteiger partial charge in [0, 0.05) is 16.7 Å². The molecule has 26 heavy (non-hydrogen) atoms. The van der Waals surface area contributed by atoms with Crippen LogP contribution < -0.4 is 9.62 Å². The van der Waals surface area contributed by atoms with E-state index in [0.29, 0.717) is 11.3 Å². The monoisotopic (exact) mass is 372 g/mol. The van der Waals surface area contributed by atoms with Gasteiger partial charge in [0.25, 0.3) is 10.0 Å². The number of hydrogen-bond donors (Lipinski definition) is 1. The van der Waals surface area contributed by atoms with E-state index < -0.39 is 15.6 Å². The van der Waals surface area contributed by atoms with Gasteiger partial charge in [0.1, 0.15) is 6.54 Å². The summed E-state index contributed by atoms with van der Waals surface area (Å²) in [5, 5.41) is 2.84. The highest BCUT2D eigenvalue weighted by Gasteiger charge is 2.36. The number of benzene rings is 2. The van der Waals surface area contributed by atoms with E-state index in [2.05, 4.69) is 12.2 Å². The molecule has 1 N–H and O–H groups in total. The Morgan fingerprint density at radius 3 is 2.42 bits per heavy atom. The second-order valence-electron chi connectivity index (χ2n) is 7.51. The van der Waals surface area contributed by atoms with Gasteiger partial charge in [0.05, 0.1) is 10.6 Å². The molecule has 3 rings (SSSR count). The maximum absolute atomic E-state index is 13.2. The van der Waals surface area contributed by atoms with Crippen molar-refractivity contribution in [1.82, 2.24) is 5.32 Å². The second-order valence-corrected chi connectivity index (χ2v) is 9.34. The molecule has 5 nitrogen and oxygen atoms in total. The zero-order chi connectivity index (χ0) is 19.1. The molecule has 138 valence electrons. The molecule has 1 aliphatic rings. The van der Waals surface area contributed by atoms with E-state index in [4.69, 9.17) is 0 Å². The van der Waals surface area contributed by atoms with Crippen molar-refractivity contribution < 1.29 is 13.2 Å². The maximum atomic E-state index is 13.2. The molecule has 0 fully saturated rings. The first kappa shape index (κ1) is 18.5. The Balaban J connectivity index is 2.13. The first-order valence-electron chi connectivity index (χ1n) is 8.69. The van der Waals surface area contributed by atoms with Gasteiger partial charge in [-0.3, -0.25) is 9.10 Å². The van der Waals surface area contributed by atoms with E-state index in [1.54, 1.807) is 18.2 Å². The molecule has 0 bridgehead atoms. The van der Waals surface area contributed by atoms with Crippen LogP contribution in [-0.4, -0.2) is 26.4 Å². The van der Waals surface area contributed by atoms with Crippen molar-refractivity contribution >= 4 is 21.6 Å². The molecule has 2 aromatic rings. The standard InChI is InChI=1S/C20H24N2O3S/c1-5-14-10-11-17-16(12-14)15-8-6-7-9-18(15)26(24,25)22(17)13-19(23)21-20(2,3)4/h6-12H,5,13H2,1-4H3,(H,21,23). The maximum Gasteiger partial charge on any atom is 0.265 e. The van der Waals surface area contributed by atoms with Gasteiger partial charge in [-0.2, -0.15) is 0 Å². The van der Waals surface area contributed by atoms with Gasteiger partial charge in [0.15, 0.2) is 0 Å². The van der Waals surface area contributed by atoms with Crippen molar-refractivity contribution in [3.8, 4) is 11.1 Å². The summed E-state index contributed by atoms with van der Waals surface area (Å²) in [6, 6.07) is 12.7. The van der Waals surface area contributed by atoms with Crippen molar-refractivity contribution in [1.29, 1.82) is 0 Å². The summed E-state index contributed by atoms with van der Waals surface area (Å²) in [6.07, 6.45) is 0.854. The SMILES string of the molecule is CCc1ccc2c(c1)-c1ccccc1S(=O)(=O)N2CC(=O)NC(C)(C)C. The highest BCUT2D eigenvalue weighted by atomic mass is 32.2. The normalized spacial score (nSPS) is 15.2. The van der Waals surface area contributed by atoms with Gasteiger partial charge < -0.3 is 5.32 Å². The van der Waals surface area contributed by atoms with Crippen LogP contribution in [0.3, 0.4) is 0 Å². The van der Waals surface area contributed by atoms with Crippen molar-refractivity contribution in [3.05, 3.63) is 48.0 Å². The van der Waals surface area contributed by atoms with Crippen molar-refractivity contribution in [2.45, 2.75) is 44.6 Å². The lowest BCUT2D eigenvalue weighted by Crippen LogP contribution is -2.48. The Bertz CT molecular complexity index is 959. The number of aryl methyl sites for hydroxylation is 1. The third kappa shape index (κ3) is 3.33. The average molecular weight is 372 g/mol. The number of nitrogens with zero attached hydrogens (tertiary/aromatic N) is 1. The summed E-state index contributed by atoms with van der Waals surface area (Å²) in [5.41, 5.74) is 2.77. The quantitative estimate of drug-likeness (QED) is 0.899. The van der Waals surface area contributed by atoms with Gasteiger partial charge in [-0.05, 0) is 51.0 Å². The number of carbonyl (C=O) groups excluding carboxylic acids is 1. The summed E-state index contributed by atoms with van der Waals surface area (Å²) < 4.78 is 27.6. The van der Waals surface area contributed by atoms with Gasteiger partial charge in [-0.1, -0.05) is 31.2 Å². The summed E-state index contributed by atoms with van der Waals surface area (Å²) in [7, 11) is -3.79. The molecule has 0 atom stereocenters. The van der Waals surface area contributed by atoms with E-state index in [9.17, 15) is 13.2 Å². The second kappa shape index (κ2) is 6.43. The van der Waals surface area contributed by atoms with E-state index in [1.165, 1.54) is 4.31 Å². The molecule has 0 radical (unpaired) electrons. The van der Waals surface area contributed by atoms with Crippen molar-refractivity contribution in [2.75, 3.05) is 10.8 Å². The highest BCUT2D eigenvalue weighted by molar-refractivity contribution is 7.93. The fraction of sp³-hybridized carbons (Fsp3) is 0.350. The van der Waals surface area contributed by atoms with E-state index in [-0.39, 0.29) is 17.3 Å². The molecule has 0 spiro atoms. The Labute approximate surface area is 155 Å². The number of sulfonamides is 1. The number of hydrogen-bond acceptors (Lipinski definition) is 3. The molecule has 1 amide bonds. The van der Waals surface area contributed by atoms with Crippen molar-refractivity contribution in [3.63, 3.8) is 0 Å². The summed E-state index contributed by atoms with van der Waals surface area (Å²) in [6.45, 7) is 7.42. The van der Waals surface area contributed by atoms with Crippen LogP contribution in [0.1, 0.15) is 33.3 Å². The number of anilines is 1. The largest absolute Gasteiger partial charge is 0.350 e. The molecule has 0 aliphatic carbocycles. The van der Waals surface area contributed by atoms with Crippen LogP contribution in [0.2, 0.25) is 0 Å². The lowest BCUT2D eigenvalue weighted by atomic mass is 9.99. The van der Waals surface area contributed by atoms with E-state index in [1.807, 2.05) is 45.0 Å². The van der Waals surface area contributed by atoms with Crippen LogP contribution >= 0.6 is 0 Å². The molecule has 0 unspecified atom stereocenters. The Morgan fingerprint density at radius 1 is 1.08 bits per heavy atom. The number of nitrogens with one attached hydrogen (secondary N) is 1. The Hall–Kier alpha value is -2.34. The lowest BCUT2D eigenvalue weighted by Gasteiger charge is -2.33. The van der Waals surface area contributed by atoms with Crippen LogP contribution in [0.25, 0.3) is 11.1 Å². The fourth-order valence-electron chi connectivity index (χ4n) is 3.16. The van der Waals surface area contributed by atoms with Crippen molar-refractivity contribution in [2.24, 2.45) is 0 Å². The summed E-state index contributed by atoms with van der Waals surface area (Å²) >= 11 is 0. The number of rotatable bonds is 3. The molecular weight excluding hydrogens is 348 g/mol. The van der Waals surface area contributed by atoms with Crippen LogP contribution in [0.15, 0.2) is 47.4 Å². The van der Waals surface area contributed by atoms with Crippen LogP contribution in [0.4, 0.5) is 5.69 Å². The fourth-order valence-corrected chi connectivity index (χ4v) is 4.81. The summed E-state index contributed by atoms with van der Waals surface area (Å²) in [5.74, 6) is -0.328. The Morgan fingerprint density at radius 2 is 1.77 bits per heavy atom. The lowest BCUT2D eigenvalue weighted by molar-refractivity contribution is -0.121. The zero-order valence-corrected chi connectivity index (χ0v) is 16.4. The molecule has 2 aromatic carbocycles. The predicted molar refractivity (Wildman–Crippen MR) is 104 cm³/mol. The number of fused-ring (bicyclic) bond motifs is 3. The molecular formula is C20H24N2O3S. The van der Waals surface area contributed by atoms with Gasteiger partial charge in [-0.25, -0.2) is 8.42 Å². The van der Waals surface area contributed by atoms with E-state index >= 15 is 0 Å². The van der Waals surface area contributed by atoms with Crippen LogP contribution in [0, 0.1) is 0 Å². The smallest absolute Gasteiger partial charge is 0.265 e. The summed E-state index contributed by atoms with van der Waals surface area (Å²) in [4.78, 5) is 12.7. The minimum Gasteiger partial charge on any atom is -0.350 e. The first-order valence-corrected chi connectivity index (χ1v) is 10.1. The first-order chi connectivity index (χ1) is 12.1. The Kier molecular flexibility index (Phi) is 4.56. The third-order valence-corrected chi connectivity index (χ3v) is 6.10. The number of amides is 1. The average Bonchev–Trinajstić information content (AvgIpc) is 2.57.